The fourth-order valence-electron chi connectivity index (χ4n) is 1.84. The van der Waals surface area contributed by atoms with Gasteiger partial charge < -0.3 is 14.4 Å². The minimum Gasteiger partial charge on any atom is -0.456 e. The molecule has 1 atom stereocenters. The Labute approximate surface area is 109 Å². The van der Waals surface area contributed by atoms with Gasteiger partial charge in [0, 0.05) is 20.0 Å². The van der Waals surface area contributed by atoms with Gasteiger partial charge in [0.2, 0.25) is 0 Å². The maximum atomic E-state index is 12.1. The van der Waals surface area contributed by atoms with Crippen LogP contribution in [0.25, 0.3) is 0 Å². The molecule has 18 heavy (non-hydrogen) atoms. The lowest BCUT2D eigenvalue weighted by Gasteiger charge is -2.16. The molecular formula is C14H23NO3. The van der Waals surface area contributed by atoms with Crippen LogP contribution >= 0.6 is 0 Å². The van der Waals surface area contributed by atoms with Crippen LogP contribution in [0.3, 0.4) is 0 Å². The maximum absolute atomic E-state index is 12.1. The van der Waals surface area contributed by atoms with E-state index in [0.29, 0.717) is 18.7 Å². The molecule has 1 aromatic heterocycles. The summed E-state index contributed by atoms with van der Waals surface area (Å²) >= 11 is 0. The van der Waals surface area contributed by atoms with Crippen LogP contribution in [0, 0.1) is 0 Å². The van der Waals surface area contributed by atoms with Crippen molar-refractivity contribution < 1.29 is 14.3 Å². The summed E-state index contributed by atoms with van der Waals surface area (Å²) in [7, 11) is 1.73. The van der Waals surface area contributed by atoms with Crippen LogP contribution in [0.1, 0.15) is 49.1 Å². The quantitative estimate of drug-likeness (QED) is 0.846. The highest BCUT2D eigenvalue weighted by atomic mass is 16.4. The molecule has 0 fully saturated rings. The number of nitrogens with zero attached hydrogens (tertiary/aromatic N) is 1. The molecule has 0 aliphatic heterocycles. The Hall–Kier alpha value is -1.29. The molecule has 0 bridgehead atoms. The second-order valence-electron chi connectivity index (χ2n) is 4.63. The number of aliphatic hydroxyl groups excluding tert-OH is 1. The molecule has 0 aliphatic carbocycles. The lowest BCUT2D eigenvalue weighted by molar-refractivity contribution is 0.0736. The second-order valence-corrected chi connectivity index (χ2v) is 4.63. The zero-order valence-corrected chi connectivity index (χ0v) is 11.7. The Kier molecular flexibility index (Phi) is 5.41. The Morgan fingerprint density at radius 1 is 1.44 bits per heavy atom. The molecule has 1 amide bonds. The first-order chi connectivity index (χ1) is 8.49. The van der Waals surface area contributed by atoms with Crippen LogP contribution in [-0.2, 0) is 12.8 Å². The predicted molar refractivity (Wildman–Crippen MR) is 70.7 cm³/mol. The van der Waals surface area contributed by atoms with E-state index in [-0.39, 0.29) is 5.91 Å². The second kappa shape index (κ2) is 6.59. The lowest BCUT2D eigenvalue weighted by Crippen LogP contribution is -2.29. The highest BCUT2D eigenvalue weighted by Gasteiger charge is 2.18. The average molecular weight is 253 g/mol. The normalized spacial score (nSPS) is 12.5. The third kappa shape index (κ3) is 3.60. The molecule has 0 spiro atoms. The standard InChI is InChI=1S/C14H23NO3/c1-5-11-9-13(18-12(11)6-2)14(17)15(4)8-7-10(3)16/h9-10,16H,5-8H2,1-4H3. The minimum absolute atomic E-state index is 0.120. The summed E-state index contributed by atoms with van der Waals surface area (Å²) in [6.45, 7) is 6.31. The summed E-state index contributed by atoms with van der Waals surface area (Å²) in [5, 5.41) is 9.22. The fourth-order valence-corrected chi connectivity index (χ4v) is 1.84. The molecule has 102 valence electrons. The number of carbonyl (C=O) groups is 1. The van der Waals surface area contributed by atoms with Crippen molar-refractivity contribution in [3.05, 3.63) is 23.2 Å². The summed E-state index contributed by atoms with van der Waals surface area (Å²) in [6.07, 6.45) is 1.85. The van der Waals surface area contributed by atoms with E-state index in [2.05, 4.69) is 6.92 Å². The molecule has 1 N–H and O–H groups in total. The first-order valence-corrected chi connectivity index (χ1v) is 6.54. The number of amides is 1. The molecule has 1 aromatic rings. The van der Waals surface area contributed by atoms with Crippen molar-refractivity contribution in [2.45, 2.75) is 46.1 Å². The molecule has 1 unspecified atom stereocenters. The summed E-state index contributed by atoms with van der Waals surface area (Å²) < 4.78 is 5.59. The summed E-state index contributed by atoms with van der Waals surface area (Å²) in [4.78, 5) is 13.7. The molecule has 4 nitrogen and oxygen atoms in total. The number of carbonyl (C=O) groups excluding carboxylic acids is 1. The van der Waals surface area contributed by atoms with Crippen LogP contribution in [0.2, 0.25) is 0 Å². The van der Waals surface area contributed by atoms with Gasteiger partial charge >= 0.3 is 0 Å². The molecule has 0 aliphatic rings. The molecule has 4 heteroatoms. The number of hydrogen-bond acceptors (Lipinski definition) is 3. The van der Waals surface area contributed by atoms with Crippen molar-refractivity contribution in [3.63, 3.8) is 0 Å². The number of furan rings is 1. The van der Waals surface area contributed by atoms with Crippen LogP contribution in [0.4, 0.5) is 0 Å². The van der Waals surface area contributed by atoms with E-state index in [4.69, 9.17) is 4.42 Å². The number of rotatable bonds is 6. The van der Waals surface area contributed by atoms with Crippen LogP contribution in [0.15, 0.2) is 10.5 Å². The largest absolute Gasteiger partial charge is 0.456 e. The van der Waals surface area contributed by atoms with E-state index in [1.54, 1.807) is 18.9 Å². The van der Waals surface area contributed by atoms with Gasteiger partial charge in [-0.3, -0.25) is 4.79 Å². The monoisotopic (exact) mass is 253 g/mol. The van der Waals surface area contributed by atoms with Gasteiger partial charge in [-0.25, -0.2) is 0 Å². The van der Waals surface area contributed by atoms with E-state index < -0.39 is 6.10 Å². The zero-order chi connectivity index (χ0) is 13.7. The van der Waals surface area contributed by atoms with E-state index in [1.807, 2.05) is 13.0 Å². The van der Waals surface area contributed by atoms with Crippen molar-refractivity contribution in [2.75, 3.05) is 13.6 Å². The highest BCUT2D eigenvalue weighted by molar-refractivity contribution is 5.91. The third-order valence-electron chi connectivity index (χ3n) is 3.04. The predicted octanol–water partition coefficient (Wildman–Crippen LogP) is 2.25. The molecular weight excluding hydrogens is 230 g/mol. The molecule has 0 aromatic carbocycles. The molecule has 0 saturated heterocycles. The molecule has 0 saturated carbocycles. The smallest absolute Gasteiger partial charge is 0.289 e. The lowest BCUT2D eigenvalue weighted by atomic mass is 10.1. The van der Waals surface area contributed by atoms with E-state index in [0.717, 1.165) is 24.2 Å². The Morgan fingerprint density at radius 2 is 2.11 bits per heavy atom. The van der Waals surface area contributed by atoms with Gasteiger partial charge in [-0.05, 0) is 31.4 Å². The van der Waals surface area contributed by atoms with Gasteiger partial charge in [0.25, 0.3) is 5.91 Å². The first kappa shape index (κ1) is 14.8. The van der Waals surface area contributed by atoms with Gasteiger partial charge in [-0.1, -0.05) is 13.8 Å². The van der Waals surface area contributed by atoms with E-state index in [9.17, 15) is 9.90 Å². The van der Waals surface area contributed by atoms with Crippen LogP contribution in [0.5, 0.6) is 0 Å². The molecule has 0 radical (unpaired) electrons. The molecule has 1 heterocycles. The van der Waals surface area contributed by atoms with Crippen LogP contribution in [-0.4, -0.2) is 35.6 Å². The fraction of sp³-hybridized carbons (Fsp3) is 0.643. The van der Waals surface area contributed by atoms with E-state index >= 15 is 0 Å². The number of aliphatic hydroxyl groups is 1. The van der Waals surface area contributed by atoms with Crippen molar-refractivity contribution in [2.24, 2.45) is 0 Å². The zero-order valence-electron chi connectivity index (χ0n) is 11.7. The van der Waals surface area contributed by atoms with Gasteiger partial charge in [-0.15, -0.1) is 0 Å². The van der Waals surface area contributed by atoms with Crippen molar-refractivity contribution in [1.29, 1.82) is 0 Å². The number of aryl methyl sites for hydroxylation is 2. The van der Waals surface area contributed by atoms with Crippen molar-refractivity contribution in [1.82, 2.24) is 4.90 Å². The van der Waals surface area contributed by atoms with E-state index in [1.165, 1.54) is 0 Å². The SMILES string of the molecule is CCc1cc(C(=O)N(C)CCC(C)O)oc1CC. The average Bonchev–Trinajstić information content (AvgIpc) is 2.77. The maximum Gasteiger partial charge on any atom is 0.289 e. The third-order valence-corrected chi connectivity index (χ3v) is 3.04. The van der Waals surface area contributed by atoms with Crippen molar-refractivity contribution >= 4 is 5.91 Å². The summed E-state index contributed by atoms with van der Waals surface area (Å²) in [5.41, 5.74) is 1.10. The van der Waals surface area contributed by atoms with Crippen molar-refractivity contribution in [3.8, 4) is 0 Å². The first-order valence-electron chi connectivity index (χ1n) is 6.54. The topological polar surface area (TPSA) is 53.7 Å². The Morgan fingerprint density at radius 3 is 2.56 bits per heavy atom. The van der Waals surface area contributed by atoms with Gasteiger partial charge in [0.05, 0.1) is 6.10 Å². The van der Waals surface area contributed by atoms with Gasteiger partial charge in [-0.2, -0.15) is 0 Å². The minimum atomic E-state index is -0.394. The Balaban J connectivity index is 2.74. The summed E-state index contributed by atoms with van der Waals surface area (Å²) in [6, 6.07) is 1.83. The molecule has 1 rings (SSSR count). The van der Waals surface area contributed by atoms with Crippen LogP contribution < -0.4 is 0 Å². The van der Waals surface area contributed by atoms with Gasteiger partial charge in [0.15, 0.2) is 5.76 Å². The summed E-state index contributed by atoms with van der Waals surface area (Å²) in [5.74, 6) is 1.17. The number of hydrogen-bond donors (Lipinski definition) is 1. The highest BCUT2D eigenvalue weighted by Crippen LogP contribution is 2.18. The van der Waals surface area contributed by atoms with Gasteiger partial charge in [0.1, 0.15) is 5.76 Å². The Bertz CT molecular complexity index is 374.